The third-order valence-corrected chi connectivity index (χ3v) is 0. The summed E-state index contributed by atoms with van der Waals surface area (Å²) in [6.45, 7) is -3.67. The molecule has 0 fully saturated rings. The molecule has 5 heavy (non-hydrogen) atoms. The Labute approximate surface area is 46.5 Å². The molecule has 0 aliphatic carbocycles. The quantitative estimate of drug-likeness (QED) is 0.619. The van der Waals surface area contributed by atoms with Gasteiger partial charge in [-0.05, 0) is 0 Å². The second-order valence-electron chi connectivity index (χ2n) is 0.247. The SMILES string of the molecule is FC(F)F.[AtH]. The zero-order valence-corrected chi connectivity index (χ0v) is 5.29. The Balaban J connectivity index is 0. The van der Waals surface area contributed by atoms with E-state index in [0.29, 0.717) is 0 Å². The van der Waals surface area contributed by atoms with Gasteiger partial charge >= 0.3 is 32.9 Å². The molecular weight excluding hydrogens is 279 g/mol. The average molecular weight is 281 g/mol. The van der Waals surface area contributed by atoms with E-state index in [4.69, 9.17) is 0 Å². The van der Waals surface area contributed by atoms with Gasteiger partial charge in [0.1, 0.15) is 0 Å². The van der Waals surface area contributed by atoms with Crippen molar-refractivity contribution in [1.82, 2.24) is 0 Å². The Bertz CT molecular complexity index is 11.6. The molecule has 0 N–H and O–H groups in total. The zero-order valence-electron chi connectivity index (χ0n) is 2.12. The van der Waals surface area contributed by atoms with Crippen molar-refractivity contribution in [1.29, 1.82) is 0 Å². The van der Waals surface area contributed by atoms with Crippen molar-refractivity contribution in [3.8, 4) is 0 Å². The normalized spacial score (nSPS) is 7.20. The first-order chi connectivity index (χ1) is 1.73. The van der Waals surface area contributed by atoms with E-state index < -0.39 is 6.68 Å². The van der Waals surface area contributed by atoms with Crippen molar-refractivity contribution in [2.45, 2.75) is 6.68 Å². The molecular formula is CH2AtF3. The van der Waals surface area contributed by atoms with E-state index in [1.165, 1.54) is 0 Å². The van der Waals surface area contributed by atoms with Crippen LogP contribution in [-0.4, -0.2) is 6.68 Å². The van der Waals surface area contributed by atoms with Crippen molar-refractivity contribution in [3.63, 3.8) is 0 Å². The second kappa shape index (κ2) is 4.67. The van der Waals surface area contributed by atoms with Crippen LogP contribution in [-0.2, 0) is 0 Å². The molecule has 0 aromatic carbocycles. The van der Waals surface area contributed by atoms with E-state index in [0.717, 1.165) is 0 Å². The molecule has 0 nitrogen and oxygen atoms in total. The molecule has 0 unspecified atom stereocenters. The van der Waals surface area contributed by atoms with Gasteiger partial charge in [0.25, 0.3) is 0 Å². The molecule has 0 saturated heterocycles. The molecule has 0 aromatic heterocycles. The van der Waals surface area contributed by atoms with Gasteiger partial charge in [-0.2, -0.15) is 13.2 Å². The van der Waals surface area contributed by atoms with Crippen LogP contribution in [0.5, 0.6) is 0 Å². The summed E-state index contributed by atoms with van der Waals surface area (Å²) in [5.74, 6) is 0. The van der Waals surface area contributed by atoms with Gasteiger partial charge in [0, 0.05) is 0 Å². The Morgan fingerprint density at radius 3 is 1.00 bits per heavy atom. The molecule has 0 aliphatic rings. The Hall–Kier alpha value is 0.673. The minimum atomic E-state index is -3.67. The van der Waals surface area contributed by atoms with Crippen molar-refractivity contribution >= 4 is 0 Å². The third-order valence-electron chi connectivity index (χ3n) is 0. The topological polar surface area (TPSA) is 0 Å². The van der Waals surface area contributed by atoms with Crippen LogP contribution in [0.25, 0.3) is 0 Å². The average Bonchev–Trinajstić information content (AvgIpc) is 0.811. The fourth-order valence-corrected chi connectivity index (χ4v) is 0. The monoisotopic (exact) mass is 281 g/mol. The van der Waals surface area contributed by atoms with Crippen LogP contribution < -0.4 is 0 Å². The molecule has 4 heteroatoms. The van der Waals surface area contributed by atoms with Gasteiger partial charge < -0.3 is 0 Å². The van der Waals surface area contributed by atoms with Gasteiger partial charge in [-0.3, -0.25) is 0 Å². The fourth-order valence-electron chi connectivity index (χ4n) is 0. The van der Waals surface area contributed by atoms with Gasteiger partial charge in [-0.15, -0.1) is 0 Å². The Morgan fingerprint density at radius 1 is 1.00 bits per heavy atom. The van der Waals surface area contributed by atoms with E-state index in [1.807, 2.05) is 0 Å². The summed E-state index contributed by atoms with van der Waals surface area (Å²) in [5, 5.41) is 0. The summed E-state index contributed by atoms with van der Waals surface area (Å²) < 4.78 is 29.0. The minimum absolute atomic E-state index is 0. The van der Waals surface area contributed by atoms with Crippen LogP contribution >= 0.6 is 0 Å². The van der Waals surface area contributed by atoms with Crippen LogP contribution in [0.15, 0.2) is 0 Å². The van der Waals surface area contributed by atoms with Gasteiger partial charge in [0.05, 0.1) is 0 Å². The van der Waals surface area contributed by atoms with Crippen LogP contribution in [0.3, 0.4) is 0 Å². The van der Waals surface area contributed by atoms with Crippen LogP contribution in [0, 0.1) is 26.2 Å². The fraction of sp³-hybridized carbons (Fsp3) is 1.00. The molecule has 0 aromatic rings. The van der Waals surface area contributed by atoms with Crippen LogP contribution in [0.1, 0.15) is 0 Å². The van der Waals surface area contributed by atoms with Crippen molar-refractivity contribution in [2.24, 2.45) is 0 Å². The van der Waals surface area contributed by atoms with Crippen molar-refractivity contribution < 1.29 is 39.4 Å². The number of alkyl halides is 3. The maximum atomic E-state index is 9.67. The van der Waals surface area contributed by atoms with Gasteiger partial charge in [-0.25, -0.2) is 0 Å². The maximum absolute atomic E-state index is 9.67. The van der Waals surface area contributed by atoms with Gasteiger partial charge in [0.2, 0.25) is 0 Å². The van der Waals surface area contributed by atoms with Gasteiger partial charge in [-0.1, -0.05) is 0 Å². The first kappa shape index (κ1) is 9.18. The van der Waals surface area contributed by atoms with Crippen LogP contribution in [0.2, 0.25) is 0 Å². The molecule has 0 atom stereocenters. The summed E-state index contributed by atoms with van der Waals surface area (Å²) in [5.41, 5.74) is 0. The van der Waals surface area contributed by atoms with Crippen LogP contribution in [0.4, 0.5) is 13.2 Å². The van der Waals surface area contributed by atoms with E-state index in [9.17, 15) is 13.2 Å². The summed E-state index contributed by atoms with van der Waals surface area (Å²) in [7, 11) is 0. The van der Waals surface area contributed by atoms with E-state index in [2.05, 4.69) is 0 Å². The number of halogens is 3. The summed E-state index contributed by atoms with van der Waals surface area (Å²) in [4.78, 5) is 0. The standard InChI is InChI=1S/CHF3.AtH/c2-1(3)4;/h1H;1H. The Kier molecular flexibility index (Phi) is 8.58. The molecule has 0 saturated carbocycles. The van der Waals surface area contributed by atoms with Crippen molar-refractivity contribution in [3.05, 3.63) is 0 Å². The predicted octanol–water partition coefficient (Wildman–Crippen LogP) is 0.911. The van der Waals surface area contributed by atoms with Crippen molar-refractivity contribution in [2.75, 3.05) is 0 Å². The first-order valence-electron chi connectivity index (χ1n) is 0.655. The zero-order chi connectivity index (χ0) is 3.58. The third kappa shape index (κ3) is 73.7. The molecule has 34 valence electrons. The molecule has 0 heterocycles. The van der Waals surface area contributed by atoms with E-state index in [-0.39, 0.29) is 26.2 Å². The number of rotatable bonds is 0. The summed E-state index contributed by atoms with van der Waals surface area (Å²) in [6, 6.07) is 0. The first-order valence-corrected chi connectivity index (χ1v) is 0.655. The Morgan fingerprint density at radius 2 is 1.00 bits per heavy atom. The number of hydrogen-bond donors (Lipinski definition) is 0. The molecule has 0 radical (unpaired) electrons. The molecule has 0 amide bonds. The molecule has 0 aliphatic heterocycles. The molecule has 0 rings (SSSR count). The summed E-state index contributed by atoms with van der Waals surface area (Å²) in [6.07, 6.45) is 0. The van der Waals surface area contributed by atoms with E-state index >= 15 is 0 Å². The van der Waals surface area contributed by atoms with E-state index in [1.54, 1.807) is 0 Å². The summed E-state index contributed by atoms with van der Waals surface area (Å²) >= 11 is 0. The van der Waals surface area contributed by atoms with Gasteiger partial charge in [0.15, 0.2) is 0 Å². The molecule has 0 bridgehead atoms. The predicted molar refractivity (Wildman–Crippen MR) is 8.51 cm³/mol. The molecule has 0 spiro atoms. The second-order valence-corrected chi connectivity index (χ2v) is 0.247. The number of hydrogen-bond acceptors (Lipinski definition) is 0.